The Morgan fingerprint density at radius 1 is 1.17 bits per heavy atom. The molecule has 0 saturated carbocycles. The van der Waals surface area contributed by atoms with E-state index in [-0.39, 0.29) is 18.0 Å². The van der Waals surface area contributed by atoms with Gasteiger partial charge in [0.1, 0.15) is 0 Å². The molecule has 1 aromatic carbocycles. The van der Waals surface area contributed by atoms with Gasteiger partial charge in [-0.3, -0.25) is 4.79 Å². The first-order chi connectivity index (χ1) is 11.4. The van der Waals surface area contributed by atoms with Crippen LogP contribution in [-0.4, -0.2) is 25.0 Å². The Labute approximate surface area is 146 Å². The third kappa shape index (κ3) is 4.58. The molecule has 6 heteroatoms. The summed E-state index contributed by atoms with van der Waals surface area (Å²) in [6.07, 6.45) is 0.795. The van der Waals surface area contributed by atoms with Crippen molar-refractivity contribution in [2.75, 3.05) is 12.4 Å². The molecule has 128 valence electrons. The zero-order chi connectivity index (χ0) is 17.7. The number of thiophene rings is 1. The first-order valence-electron chi connectivity index (χ1n) is 7.85. The van der Waals surface area contributed by atoms with Crippen LogP contribution in [-0.2, 0) is 6.42 Å². The summed E-state index contributed by atoms with van der Waals surface area (Å²) < 4.78 is 0. The third-order valence-corrected chi connectivity index (χ3v) is 4.76. The van der Waals surface area contributed by atoms with Crippen molar-refractivity contribution >= 4 is 29.0 Å². The molecule has 2 rings (SSSR count). The number of carbonyl (C=O) groups is 2. The van der Waals surface area contributed by atoms with Crippen LogP contribution in [0.25, 0.3) is 0 Å². The second-order valence-electron chi connectivity index (χ2n) is 5.77. The van der Waals surface area contributed by atoms with Gasteiger partial charge in [-0.25, -0.2) is 4.79 Å². The second-order valence-corrected chi connectivity index (χ2v) is 7.15. The summed E-state index contributed by atoms with van der Waals surface area (Å²) in [5, 5.41) is 8.35. The molecule has 0 fully saturated rings. The van der Waals surface area contributed by atoms with Gasteiger partial charge in [0.2, 0.25) is 0 Å². The van der Waals surface area contributed by atoms with Crippen LogP contribution in [0, 0.1) is 13.8 Å². The van der Waals surface area contributed by atoms with Gasteiger partial charge in [-0.1, -0.05) is 6.07 Å². The van der Waals surface area contributed by atoms with E-state index in [1.807, 2.05) is 13.8 Å². The van der Waals surface area contributed by atoms with Crippen molar-refractivity contribution < 1.29 is 9.59 Å². The van der Waals surface area contributed by atoms with Crippen LogP contribution in [0.1, 0.15) is 32.6 Å². The maximum absolute atomic E-state index is 12.2. The molecule has 1 aromatic heterocycles. The Morgan fingerprint density at radius 3 is 2.54 bits per heavy atom. The van der Waals surface area contributed by atoms with Crippen LogP contribution in [0.4, 0.5) is 10.5 Å². The van der Waals surface area contributed by atoms with Gasteiger partial charge in [-0.05, 0) is 50.6 Å². The Morgan fingerprint density at radius 2 is 1.92 bits per heavy atom. The van der Waals surface area contributed by atoms with Gasteiger partial charge < -0.3 is 16.0 Å². The molecular weight excluding hydrogens is 322 g/mol. The van der Waals surface area contributed by atoms with Crippen LogP contribution >= 0.6 is 11.3 Å². The maximum atomic E-state index is 12.2. The standard InChI is InChI=1S/C18H23N3O2S/c1-11(10-14-9-8-12(2)24-14)20-18(23)21-16-7-5-6-15(13(16)3)17(22)19-4/h5-9,11H,10H2,1-4H3,(H,19,22)(H2,20,21,23). The van der Waals surface area contributed by atoms with Crippen molar-refractivity contribution in [1.29, 1.82) is 0 Å². The fourth-order valence-corrected chi connectivity index (χ4v) is 3.50. The lowest BCUT2D eigenvalue weighted by molar-refractivity contribution is 0.0962. The minimum Gasteiger partial charge on any atom is -0.355 e. The molecule has 1 atom stereocenters. The van der Waals surface area contributed by atoms with Gasteiger partial charge in [-0.15, -0.1) is 11.3 Å². The molecule has 24 heavy (non-hydrogen) atoms. The van der Waals surface area contributed by atoms with Crippen molar-refractivity contribution in [3.63, 3.8) is 0 Å². The van der Waals surface area contributed by atoms with Gasteiger partial charge >= 0.3 is 6.03 Å². The normalized spacial score (nSPS) is 11.7. The monoisotopic (exact) mass is 345 g/mol. The molecule has 0 bridgehead atoms. The van der Waals surface area contributed by atoms with Crippen molar-refractivity contribution in [2.24, 2.45) is 0 Å². The highest BCUT2D eigenvalue weighted by Gasteiger charge is 2.13. The number of benzene rings is 1. The second kappa shape index (κ2) is 7.97. The van der Waals surface area contributed by atoms with Crippen molar-refractivity contribution in [2.45, 2.75) is 33.2 Å². The summed E-state index contributed by atoms with van der Waals surface area (Å²) in [5.74, 6) is -0.169. The zero-order valence-corrected chi connectivity index (χ0v) is 15.2. The van der Waals surface area contributed by atoms with E-state index in [1.54, 1.807) is 36.6 Å². The molecule has 0 aliphatic heterocycles. The van der Waals surface area contributed by atoms with E-state index < -0.39 is 0 Å². The third-order valence-electron chi connectivity index (χ3n) is 3.73. The highest BCUT2D eigenvalue weighted by atomic mass is 32.1. The van der Waals surface area contributed by atoms with E-state index in [2.05, 4.69) is 35.0 Å². The number of carbonyl (C=O) groups excluding carboxylic acids is 2. The minimum atomic E-state index is -0.270. The summed E-state index contributed by atoms with van der Waals surface area (Å²) in [7, 11) is 1.59. The maximum Gasteiger partial charge on any atom is 0.319 e. The molecule has 5 nitrogen and oxygen atoms in total. The zero-order valence-electron chi connectivity index (χ0n) is 14.4. The molecule has 0 aliphatic carbocycles. The molecule has 1 heterocycles. The number of anilines is 1. The molecule has 3 N–H and O–H groups in total. The topological polar surface area (TPSA) is 70.2 Å². The van der Waals surface area contributed by atoms with Crippen LogP contribution in [0.15, 0.2) is 30.3 Å². The number of hydrogen-bond donors (Lipinski definition) is 3. The SMILES string of the molecule is CNC(=O)c1cccc(NC(=O)NC(C)Cc2ccc(C)s2)c1C. The lowest BCUT2D eigenvalue weighted by Gasteiger charge is -2.16. The molecule has 0 aliphatic rings. The lowest BCUT2D eigenvalue weighted by atomic mass is 10.1. The first kappa shape index (κ1) is 18.0. The average molecular weight is 345 g/mol. The Balaban J connectivity index is 1.98. The number of aryl methyl sites for hydroxylation is 1. The fourth-order valence-electron chi connectivity index (χ4n) is 2.48. The number of hydrogen-bond acceptors (Lipinski definition) is 3. The first-order valence-corrected chi connectivity index (χ1v) is 8.67. The van der Waals surface area contributed by atoms with E-state index in [1.165, 1.54) is 9.75 Å². The predicted octanol–water partition coefficient (Wildman–Crippen LogP) is 3.48. The van der Waals surface area contributed by atoms with E-state index in [0.29, 0.717) is 11.3 Å². The molecule has 2 aromatic rings. The van der Waals surface area contributed by atoms with E-state index in [9.17, 15) is 9.59 Å². The Hall–Kier alpha value is -2.34. The van der Waals surface area contributed by atoms with Crippen LogP contribution in [0.2, 0.25) is 0 Å². The summed E-state index contributed by atoms with van der Waals surface area (Å²) in [4.78, 5) is 26.5. The van der Waals surface area contributed by atoms with Gasteiger partial charge in [0.05, 0.1) is 0 Å². The number of amides is 3. The molecule has 0 spiro atoms. The van der Waals surface area contributed by atoms with Crippen molar-refractivity contribution in [1.82, 2.24) is 10.6 Å². The molecule has 3 amide bonds. The van der Waals surface area contributed by atoms with Crippen molar-refractivity contribution in [3.8, 4) is 0 Å². The largest absolute Gasteiger partial charge is 0.355 e. The molecule has 1 unspecified atom stereocenters. The summed E-state index contributed by atoms with van der Waals surface area (Å²) in [5.41, 5.74) is 1.93. The van der Waals surface area contributed by atoms with Crippen molar-refractivity contribution in [3.05, 3.63) is 51.2 Å². The highest BCUT2D eigenvalue weighted by molar-refractivity contribution is 7.11. The van der Waals surface area contributed by atoms with Crippen LogP contribution < -0.4 is 16.0 Å². The predicted molar refractivity (Wildman–Crippen MR) is 98.9 cm³/mol. The Bertz CT molecular complexity index is 740. The minimum absolute atomic E-state index is 0.0190. The van der Waals surface area contributed by atoms with Crippen LogP contribution in [0.5, 0.6) is 0 Å². The number of rotatable bonds is 5. The highest BCUT2D eigenvalue weighted by Crippen LogP contribution is 2.19. The summed E-state index contributed by atoms with van der Waals surface area (Å²) in [6, 6.07) is 9.20. The van der Waals surface area contributed by atoms with E-state index in [4.69, 9.17) is 0 Å². The molecule has 0 radical (unpaired) electrons. The Kier molecular flexibility index (Phi) is 5.98. The van der Waals surface area contributed by atoms with Crippen LogP contribution in [0.3, 0.4) is 0 Å². The summed E-state index contributed by atoms with van der Waals surface area (Å²) in [6.45, 7) is 5.86. The van der Waals surface area contributed by atoms with Gasteiger partial charge in [-0.2, -0.15) is 0 Å². The smallest absolute Gasteiger partial charge is 0.319 e. The van der Waals surface area contributed by atoms with Gasteiger partial charge in [0.15, 0.2) is 0 Å². The molecule has 0 saturated heterocycles. The average Bonchev–Trinajstić information content (AvgIpc) is 2.93. The lowest BCUT2D eigenvalue weighted by Crippen LogP contribution is -2.37. The van der Waals surface area contributed by atoms with Gasteiger partial charge in [0, 0.05) is 40.5 Å². The van der Waals surface area contributed by atoms with E-state index >= 15 is 0 Å². The quantitative estimate of drug-likeness (QED) is 0.776. The number of nitrogens with one attached hydrogen (secondary N) is 3. The fraction of sp³-hybridized carbons (Fsp3) is 0.333. The van der Waals surface area contributed by atoms with Gasteiger partial charge in [0.25, 0.3) is 5.91 Å². The number of urea groups is 1. The van der Waals surface area contributed by atoms with E-state index in [0.717, 1.165) is 12.0 Å². The summed E-state index contributed by atoms with van der Waals surface area (Å²) >= 11 is 1.74. The molecular formula is C18H23N3O2S.